The summed E-state index contributed by atoms with van der Waals surface area (Å²) in [6.07, 6.45) is 4.11. The molecule has 2 saturated heterocycles. The Morgan fingerprint density at radius 2 is 2.00 bits per heavy atom. The fraction of sp³-hybridized carbons (Fsp3) is 0.556. The average molecular weight is 335 g/mol. The fourth-order valence-electron chi connectivity index (χ4n) is 3.89. The number of likely N-dealkylation sites (tertiary alicyclic amines) is 2. The summed E-state index contributed by atoms with van der Waals surface area (Å²) in [5.41, 5.74) is 0.659. The lowest BCUT2D eigenvalue weighted by Crippen LogP contribution is -2.53. The molecule has 4 nitrogen and oxygen atoms in total. The molecule has 0 unspecified atom stereocenters. The maximum atomic E-state index is 13.0. The van der Waals surface area contributed by atoms with E-state index in [0.717, 1.165) is 45.3 Å². The Morgan fingerprint density at radius 1 is 1.17 bits per heavy atom. The highest BCUT2D eigenvalue weighted by Gasteiger charge is 2.37. The van der Waals surface area contributed by atoms with E-state index in [1.165, 1.54) is 0 Å². The van der Waals surface area contributed by atoms with Crippen molar-refractivity contribution in [1.82, 2.24) is 9.80 Å². The van der Waals surface area contributed by atoms with Crippen molar-refractivity contribution in [3.8, 4) is 0 Å². The van der Waals surface area contributed by atoms with E-state index in [1.807, 2.05) is 21.9 Å². The number of hydrogen-bond donors (Lipinski definition) is 0. The molecule has 3 rings (SSSR count). The summed E-state index contributed by atoms with van der Waals surface area (Å²) in [7, 11) is 0. The van der Waals surface area contributed by atoms with Crippen LogP contribution < -0.4 is 0 Å². The van der Waals surface area contributed by atoms with E-state index in [1.54, 1.807) is 19.1 Å². The van der Waals surface area contributed by atoms with Gasteiger partial charge in [0.15, 0.2) is 0 Å². The minimum atomic E-state index is 0.0701. The summed E-state index contributed by atoms with van der Waals surface area (Å²) in [5.74, 6) is 0.597. The van der Waals surface area contributed by atoms with Gasteiger partial charge in [-0.1, -0.05) is 24.1 Å². The van der Waals surface area contributed by atoms with Gasteiger partial charge in [-0.15, -0.1) is 0 Å². The number of carbonyl (C=O) groups excluding carboxylic acids is 2. The molecule has 2 amide bonds. The minimum Gasteiger partial charge on any atom is -0.343 e. The van der Waals surface area contributed by atoms with Crippen molar-refractivity contribution in [3.63, 3.8) is 0 Å². The van der Waals surface area contributed by atoms with Crippen molar-refractivity contribution in [2.45, 2.75) is 38.6 Å². The van der Waals surface area contributed by atoms with Crippen molar-refractivity contribution in [3.05, 3.63) is 34.9 Å². The third-order valence-electron chi connectivity index (χ3n) is 5.10. The second kappa shape index (κ2) is 6.91. The summed E-state index contributed by atoms with van der Waals surface area (Å²) < 4.78 is 0. The molecule has 1 aromatic carbocycles. The highest BCUT2D eigenvalue weighted by Crippen LogP contribution is 2.31. The van der Waals surface area contributed by atoms with Crippen molar-refractivity contribution in [2.75, 3.05) is 19.6 Å². The number of halogens is 1. The zero-order valence-corrected chi connectivity index (χ0v) is 14.3. The first-order chi connectivity index (χ1) is 11.1. The smallest absolute Gasteiger partial charge is 0.254 e. The van der Waals surface area contributed by atoms with E-state index in [0.29, 0.717) is 16.5 Å². The van der Waals surface area contributed by atoms with Gasteiger partial charge in [0.05, 0.1) is 0 Å². The normalized spacial score (nSPS) is 24.8. The number of hydrogen-bond acceptors (Lipinski definition) is 2. The first kappa shape index (κ1) is 16.3. The lowest BCUT2D eigenvalue weighted by molar-refractivity contribution is -0.131. The van der Waals surface area contributed by atoms with Crippen LogP contribution in [0.15, 0.2) is 24.3 Å². The van der Waals surface area contributed by atoms with Crippen LogP contribution in [-0.4, -0.2) is 47.3 Å². The van der Waals surface area contributed by atoms with Gasteiger partial charge in [0.25, 0.3) is 5.91 Å². The second-order valence-electron chi connectivity index (χ2n) is 6.59. The van der Waals surface area contributed by atoms with Gasteiger partial charge in [-0.3, -0.25) is 9.59 Å². The van der Waals surface area contributed by atoms with Crippen molar-refractivity contribution in [2.24, 2.45) is 5.92 Å². The van der Waals surface area contributed by atoms with E-state index in [4.69, 9.17) is 11.6 Å². The van der Waals surface area contributed by atoms with Crippen molar-refractivity contribution >= 4 is 23.4 Å². The van der Waals surface area contributed by atoms with Crippen molar-refractivity contribution < 1.29 is 9.59 Å². The SMILES string of the molecule is CC(=O)N1CC[C@@H]2[C@@H](CCCCN2C(=O)c2cccc(Cl)c2)C1. The zero-order chi connectivity index (χ0) is 16.4. The largest absolute Gasteiger partial charge is 0.343 e. The minimum absolute atomic E-state index is 0.0701. The third kappa shape index (κ3) is 3.52. The molecule has 2 heterocycles. The Bertz CT molecular complexity index is 604. The highest BCUT2D eigenvalue weighted by atomic mass is 35.5. The van der Waals surface area contributed by atoms with Gasteiger partial charge in [0, 0.05) is 43.2 Å². The molecular formula is C18H23ClN2O2. The number of piperidine rings is 1. The molecule has 5 heteroatoms. The fourth-order valence-corrected chi connectivity index (χ4v) is 4.08. The van der Waals surface area contributed by atoms with Gasteiger partial charge in [0.1, 0.15) is 0 Å². The maximum absolute atomic E-state index is 13.0. The first-order valence-electron chi connectivity index (χ1n) is 8.38. The molecule has 0 aromatic heterocycles. The molecule has 2 atom stereocenters. The Hall–Kier alpha value is -1.55. The number of fused-ring (bicyclic) bond motifs is 1. The summed E-state index contributed by atoms with van der Waals surface area (Å²) in [6, 6.07) is 7.42. The highest BCUT2D eigenvalue weighted by molar-refractivity contribution is 6.30. The van der Waals surface area contributed by atoms with Crippen LogP contribution >= 0.6 is 11.6 Å². The Kier molecular flexibility index (Phi) is 4.90. The maximum Gasteiger partial charge on any atom is 0.254 e. The van der Waals surface area contributed by atoms with Gasteiger partial charge in [0.2, 0.25) is 5.91 Å². The molecule has 0 aliphatic carbocycles. The van der Waals surface area contributed by atoms with Crippen LogP contribution in [-0.2, 0) is 4.79 Å². The number of amides is 2. The van der Waals surface area contributed by atoms with Gasteiger partial charge in [-0.2, -0.15) is 0 Å². The molecule has 23 heavy (non-hydrogen) atoms. The molecule has 0 radical (unpaired) electrons. The van der Waals surface area contributed by atoms with Gasteiger partial charge in [-0.05, 0) is 43.4 Å². The average Bonchev–Trinajstić information content (AvgIpc) is 2.75. The molecule has 1 aromatic rings. The third-order valence-corrected chi connectivity index (χ3v) is 5.33. The van der Waals surface area contributed by atoms with Crippen LogP contribution in [0.2, 0.25) is 5.02 Å². The van der Waals surface area contributed by atoms with Gasteiger partial charge >= 0.3 is 0 Å². The lowest BCUT2D eigenvalue weighted by atomic mass is 9.88. The van der Waals surface area contributed by atoms with E-state index in [-0.39, 0.29) is 17.9 Å². The number of benzene rings is 1. The monoisotopic (exact) mass is 334 g/mol. The van der Waals surface area contributed by atoms with E-state index in [9.17, 15) is 9.59 Å². The molecule has 0 saturated carbocycles. The molecule has 2 aliphatic rings. The van der Waals surface area contributed by atoms with Crippen molar-refractivity contribution in [1.29, 1.82) is 0 Å². The predicted octanol–water partition coefficient (Wildman–Crippen LogP) is 3.20. The van der Waals surface area contributed by atoms with Gasteiger partial charge in [-0.25, -0.2) is 0 Å². The first-order valence-corrected chi connectivity index (χ1v) is 8.76. The lowest BCUT2D eigenvalue weighted by Gasteiger charge is -2.42. The predicted molar refractivity (Wildman–Crippen MR) is 90.5 cm³/mol. The summed E-state index contributed by atoms with van der Waals surface area (Å²) in [5, 5.41) is 0.591. The Balaban J connectivity index is 1.81. The second-order valence-corrected chi connectivity index (χ2v) is 7.02. The van der Waals surface area contributed by atoms with E-state index < -0.39 is 0 Å². The van der Waals surface area contributed by atoms with Gasteiger partial charge < -0.3 is 9.80 Å². The molecule has 0 bridgehead atoms. The molecule has 0 spiro atoms. The number of carbonyl (C=O) groups is 2. The van der Waals surface area contributed by atoms with Crippen LogP contribution in [0, 0.1) is 5.92 Å². The van der Waals surface area contributed by atoms with Crippen LogP contribution in [0.1, 0.15) is 43.0 Å². The zero-order valence-electron chi connectivity index (χ0n) is 13.5. The molecule has 2 fully saturated rings. The molecule has 2 aliphatic heterocycles. The molecule has 124 valence electrons. The quantitative estimate of drug-likeness (QED) is 0.791. The summed E-state index contributed by atoms with van der Waals surface area (Å²) >= 11 is 6.04. The number of nitrogens with zero attached hydrogens (tertiary/aromatic N) is 2. The van der Waals surface area contributed by atoms with Crippen LogP contribution in [0.4, 0.5) is 0 Å². The standard InChI is InChI=1S/C18H23ClN2O2/c1-13(22)20-10-8-17-15(12-20)5-2-3-9-21(17)18(23)14-6-4-7-16(19)11-14/h4,6-7,11,15,17H,2-3,5,8-10,12H2,1H3/t15-,17+/m0/s1. The van der Waals surface area contributed by atoms with E-state index in [2.05, 4.69) is 0 Å². The van der Waals surface area contributed by atoms with Crippen LogP contribution in [0.25, 0.3) is 0 Å². The van der Waals surface area contributed by atoms with E-state index >= 15 is 0 Å². The van der Waals surface area contributed by atoms with Crippen LogP contribution in [0.3, 0.4) is 0 Å². The topological polar surface area (TPSA) is 40.6 Å². The Labute approximate surface area is 142 Å². The Morgan fingerprint density at radius 3 is 2.74 bits per heavy atom. The molecular weight excluding hydrogens is 312 g/mol. The summed E-state index contributed by atoms with van der Waals surface area (Å²) in [6.45, 7) is 3.95. The van der Waals surface area contributed by atoms with Crippen LogP contribution in [0.5, 0.6) is 0 Å². The summed E-state index contributed by atoms with van der Waals surface area (Å²) in [4.78, 5) is 28.6. The number of rotatable bonds is 1. The molecule has 0 N–H and O–H groups in total.